The van der Waals surface area contributed by atoms with Crippen molar-refractivity contribution in [3.05, 3.63) is 29.5 Å². The second kappa shape index (κ2) is 4.76. The minimum absolute atomic E-state index is 0.381. The summed E-state index contributed by atoms with van der Waals surface area (Å²) in [6, 6.07) is 5.17. The molecule has 20 heavy (non-hydrogen) atoms. The molecule has 0 spiro atoms. The second-order valence-electron chi connectivity index (χ2n) is 5.07. The molecule has 3 N–H and O–H groups in total. The van der Waals surface area contributed by atoms with Gasteiger partial charge in [-0.05, 0) is 37.5 Å². The van der Waals surface area contributed by atoms with Crippen molar-refractivity contribution in [1.82, 2.24) is 4.98 Å². The molecule has 1 aromatic heterocycles. The van der Waals surface area contributed by atoms with Crippen molar-refractivity contribution in [3.63, 3.8) is 0 Å². The summed E-state index contributed by atoms with van der Waals surface area (Å²) in [5.74, 6) is 0.0534. The molecule has 0 aliphatic heterocycles. The number of fused-ring (bicyclic) bond motifs is 2. The Morgan fingerprint density at radius 2 is 2.30 bits per heavy atom. The van der Waals surface area contributed by atoms with Crippen LogP contribution < -0.4 is 10.5 Å². The average molecular weight is 272 g/mol. The molecule has 3 rings (SSSR count). The van der Waals surface area contributed by atoms with E-state index in [0.717, 1.165) is 29.6 Å². The number of carbonyl (C=O) groups is 1. The first-order valence-electron chi connectivity index (χ1n) is 6.64. The van der Waals surface area contributed by atoms with Crippen molar-refractivity contribution in [3.8, 4) is 5.75 Å². The molecule has 1 unspecified atom stereocenters. The number of aromatic nitrogens is 1. The number of nitrogens with two attached hydrogens (primary N) is 1. The van der Waals surface area contributed by atoms with Gasteiger partial charge in [-0.2, -0.15) is 0 Å². The lowest BCUT2D eigenvalue weighted by Crippen LogP contribution is -2.14. The summed E-state index contributed by atoms with van der Waals surface area (Å²) in [6.07, 6.45) is 1.89. The highest BCUT2D eigenvalue weighted by molar-refractivity contribution is 5.93. The lowest BCUT2D eigenvalue weighted by Gasteiger charge is -2.23. The van der Waals surface area contributed by atoms with Crippen molar-refractivity contribution in [2.45, 2.75) is 32.3 Å². The van der Waals surface area contributed by atoms with E-state index >= 15 is 0 Å². The van der Waals surface area contributed by atoms with Gasteiger partial charge in [-0.1, -0.05) is 0 Å². The van der Waals surface area contributed by atoms with Crippen molar-refractivity contribution < 1.29 is 14.6 Å². The quantitative estimate of drug-likeness (QED) is 0.613. The van der Waals surface area contributed by atoms with E-state index in [9.17, 15) is 9.90 Å². The number of anilines is 1. The van der Waals surface area contributed by atoms with E-state index in [1.165, 1.54) is 6.92 Å². The predicted octanol–water partition coefficient (Wildman–Crippen LogP) is 2.11. The molecule has 0 bridgehead atoms. The zero-order valence-corrected chi connectivity index (χ0v) is 11.2. The Morgan fingerprint density at radius 3 is 3.05 bits per heavy atom. The Bertz CT molecular complexity index is 697. The van der Waals surface area contributed by atoms with Crippen LogP contribution in [-0.4, -0.2) is 16.1 Å². The van der Waals surface area contributed by atoms with E-state index in [1.807, 2.05) is 0 Å². The van der Waals surface area contributed by atoms with Gasteiger partial charge < -0.3 is 15.6 Å². The second-order valence-corrected chi connectivity index (χ2v) is 5.07. The standard InChI is InChI=1S/C15H16N2O3/c1-8(18)20-9-5-6-11-10(7-9)15(16)14-12(17-11)3-2-4-13(14)19/h5-7,13,19H,2-4H2,1H3,(H2,16,17). The number of nitrogen functional groups attached to an aromatic ring is 1. The third-order valence-corrected chi connectivity index (χ3v) is 3.60. The van der Waals surface area contributed by atoms with E-state index in [-0.39, 0.29) is 5.97 Å². The number of esters is 1. The van der Waals surface area contributed by atoms with Crippen LogP contribution in [0.25, 0.3) is 10.9 Å². The molecule has 1 aliphatic rings. The molecule has 104 valence electrons. The normalized spacial score (nSPS) is 17.8. The first-order valence-corrected chi connectivity index (χ1v) is 6.64. The molecule has 0 radical (unpaired) electrons. The van der Waals surface area contributed by atoms with Crippen LogP contribution in [0.2, 0.25) is 0 Å². The summed E-state index contributed by atoms with van der Waals surface area (Å²) in [6.45, 7) is 1.35. The van der Waals surface area contributed by atoms with Crippen LogP contribution in [0.1, 0.15) is 37.1 Å². The van der Waals surface area contributed by atoms with Gasteiger partial charge in [0.25, 0.3) is 0 Å². The van der Waals surface area contributed by atoms with Gasteiger partial charge in [0.2, 0.25) is 0 Å². The van der Waals surface area contributed by atoms with E-state index in [1.54, 1.807) is 18.2 Å². The molecule has 0 amide bonds. The highest BCUT2D eigenvalue weighted by Crippen LogP contribution is 2.37. The summed E-state index contributed by atoms with van der Waals surface area (Å²) >= 11 is 0. The van der Waals surface area contributed by atoms with E-state index in [2.05, 4.69) is 4.98 Å². The van der Waals surface area contributed by atoms with Gasteiger partial charge >= 0.3 is 5.97 Å². The Labute approximate surface area is 116 Å². The van der Waals surface area contributed by atoms with Crippen LogP contribution in [0, 0.1) is 0 Å². The highest BCUT2D eigenvalue weighted by atomic mass is 16.5. The summed E-state index contributed by atoms with van der Waals surface area (Å²) < 4.78 is 5.06. The number of pyridine rings is 1. The maximum atomic E-state index is 11.0. The van der Waals surface area contributed by atoms with Gasteiger partial charge in [-0.15, -0.1) is 0 Å². The molecule has 5 nitrogen and oxygen atoms in total. The van der Waals surface area contributed by atoms with Crippen molar-refractivity contribution in [2.24, 2.45) is 0 Å². The lowest BCUT2D eigenvalue weighted by molar-refractivity contribution is -0.131. The highest BCUT2D eigenvalue weighted by Gasteiger charge is 2.23. The summed E-state index contributed by atoms with van der Waals surface area (Å²) in [7, 11) is 0. The monoisotopic (exact) mass is 272 g/mol. The lowest BCUT2D eigenvalue weighted by atomic mass is 9.90. The van der Waals surface area contributed by atoms with Crippen LogP contribution in [0.3, 0.4) is 0 Å². The maximum absolute atomic E-state index is 11.0. The maximum Gasteiger partial charge on any atom is 0.308 e. The number of hydrogen-bond acceptors (Lipinski definition) is 5. The summed E-state index contributed by atoms with van der Waals surface area (Å²) in [5.41, 5.74) is 9.07. The zero-order valence-electron chi connectivity index (χ0n) is 11.2. The number of ether oxygens (including phenoxy) is 1. The van der Waals surface area contributed by atoms with Gasteiger partial charge in [-0.25, -0.2) is 0 Å². The molecule has 1 aromatic carbocycles. The number of aliphatic hydroxyl groups excluding tert-OH is 1. The minimum Gasteiger partial charge on any atom is -0.427 e. The summed E-state index contributed by atoms with van der Waals surface area (Å²) in [4.78, 5) is 15.6. The number of nitrogens with zero attached hydrogens (tertiary/aromatic N) is 1. The molecule has 0 fully saturated rings. The Morgan fingerprint density at radius 1 is 1.50 bits per heavy atom. The van der Waals surface area contributed by atoms with Crippen molar-refractivity contribution in [1.29, 1.82) is 0 Å². The van der Waals surface area contributed by atoms with E-state index in [4.69, 9.17) is 10.5 Å². The molecule has 0 saturated heterocycles. The van der Waals surface area contributed by atoms with Crippen LogP contribution >= 0.6 is 0 Å². The molecular formula is C15H16N2O3. The van der Waals surface area contributed by atoms with Gasteiger partial charge in [0.05, 0.1) is 11.6 Å². The van der Waals surface area contributed by atoms with Gasteiger partial charge in [0, 0.05) is 29.3 Å². The van der Waals surface area contributed by atoms with Crippen LogP contribution in [0.15, 0.2) is 18.2 Å². The molecule has 0 saturated carbocycles. The Kier molecular flexibility index (Phi) is 3.06. The molecule has 1 heterocycles. The zero-order chi connectivity index (χ0) is 14.3. The van der Waals surface area contributed by atoms with Gasteiger partial charge in [-0.3, -0.25) is 9.78 Å². The van der Waals surface area contributed by atoms with E-state index < -0.39 is 6.10 Å². The number of aliphatic hydroxyl groups is 1. The number of hydrogen-bond donors (Lipinski definition) is 2. The Balaban J connectivity index is 2.19. The predicted molar refractivity (Wildman–Crippen MR) is 75.4 cm³/mol. The van der Waals surface area contributed by atoms with Gasteiger partial charge in [0.1, 0.15) is 5.75 Å². The fourth-order valence-electron chi connectivity index (χ4n) is 2.73. The van der Waals surface area contributed by atoms with Crippen LogP contribution in [0.4, 0.5) is 5.69 Å². The topological polar surface area (TPSA) is 85.4 Å². The fourth-order valence-corrected chi connectivity index (χ4v) is 2.73. The van der Waals surface area contributed by atoms with Gasteiger partial charge in [0.15, 0.2) is 0 Å². The number of rotatable bonds is 1. The molecular weight excluding hydrogens is 256 g/mol. The first-order chi connectivity index (χ1) is 9.56. The number of carbonyl (C=O) groups excluding carboxylic acids is 1. The molecule has 2 aromatic rings. The number of aryl methyl sites for hydroxylation is 1. The van der Waals surface area contributed by atoms with E-state index in [0.29, 0.717) is 23.2 Å². The van der Waals surface area contributed by atoms with Crippen LogP contribution in [-0.2, 0) is 11.2 Å². The van der Waals surface area contributed by atoms with Crippen LogP contribution in [0.5, 0.6) is 5.75 Å². The smallest absolute Gasteiger partial charge is 0.308 e. The fraction of sp³-hybridized carbons (Fsp3) is 0.333. The third-order valence-electron chi connectivity index (χ3n) is 3.60. The SMILES string of the molecule is CC(=O)Oc1ccc2nc3c(c(N)c2c1)C(O)CCC3. The molecule has 1 aliphatic carbocycles. The summed E-state index contributed by atoms with van der Waals surface area (Å²) in [5, 5.41) is 10.8. The third kappa shape index (κ3) is 2.10. The largest absolute Gasteiger partial charge is 0.427 e. The minimum atomic E-state index is -0.562. The first kappa shape index (κ1) is 12.9. The Hall–Kier alpha value is -2.14. The average Bonchev–Trinajstić information content (AvgIpc) is 2.39. The van der Waals surface area contributed by atoms with Crippen molar-refractivity contribution in [2.75, 3.05) is 5.73 Å². The van der Waals surface area contributed by atoms with Crippen molar-refractivity contribution >= 4 is 22.6 Å². The number of benzene rings is 1. The molecule has 1 atom stereocenters. The molecule has 5 heteroatoms.